The van der Waals surface area contributed by atoms with Gasteiger partial charge in [-0.2, -0.15) is 0 Å². The number of fused-ring (bicyclic) bond motifs is 1. The van der Waals surface area contributed by atoms with E-state index in [2.05, 4.69) is 15.9 Å². The molecular formula is C13H16BrNO3. The van der Waals surface area contributed by atoms with Crippen molar-refractivity contribution < 1.29 is 14.3 Å². The van der Waals surface area contributed by atoms with E-state index in [1.807, 2.05) is 19.1 Å². The van der Waals surface area contributed by atoms with Gasteiger partial charge in [-0.05, 0) is 19.1 Å². The minimum atomic E-state index is -0.0516. The van der Waals surface area contributed by atoms with Crippen molar-refractivity contribution in [1.82, 2.24) is 4.90 Å². The summed E-state index contributed by atoms with van der Waals surface area (Å²) in [5, 5.41) is 0.738. The lowest BCUT2D eigenvalue weighted by Crippen LogP contribution is -2.36. The minimum Gasteiger partial charge on any atom is -0.486 e. The maximum atomic E-state index is 12.4. The number of carbonyl (C=O) groups is 1. The van der Waals surface area contributed by atoms with Crippen molar-refractivity contribution in [1.29, 1.82) is 0 Å². The number of rotatable bonds is 3. The summed E-state index contributed by atoms with van der Waals surface area (Å²) in [6, 6.07) is 5.53. The van der Waals surface area contributed by atoms with Crippen molar-refractivity contribution >= 4 is 21.8 Å². The highest BCUT2D eigenvalue weighted by atomic mass is 79.9. The predicted molar refractivity (Wildman–Crippen MR) is 72.8 cm³/mol. The Hall–Kier alpha value is -1.23. The first-order valence-corrected chi connectivity index (χ1v) is 6.99. The molecular weight excluding hydrogens is 298 g/mol. The lowest BCUT2D eigenvalue weighted by molar-refractivity contribution is 0.0747. The third-order valence-corrected chi connectivity index (χ3v) is 3.94. The summed E-state index contributed by atoms with van der Waals surface area (Å²) in [7, 11) is 1.79. The van der Waals surface area contributed by atoms with Crippen molar-refractivity contribution in [3.8, 4) is 11.5 Å². The van der Waals surface area contributed by atoms with E-state index in [0.29, 0.717) is 30.3 Å². The molecule has 0 fully saturated rings. The average Bonchev–Trinajstić information content (AvgIpc) is 2.44. The van der Waals surface area contributed by atoms with Crippen molar-refractivity contribution in [2.24, 2.45) is 0 Å². The Bertz CT molecular complexity index is 450. The van der Waals surface area contributed by atoms with Gasteiger partial charge in [0.2, 0.25) is 0 Å². The Morgan fingerprint density at radius 2 is 2.17 bits per heavy atom. The fourth-order valence-electron chi connectivity index (χ4n) is 1.74. The number of para-hydroxylation sites is 1. The largest absolute Gasteiger partial charge is 0.486 e. The molecule has 4 nitrogen and oxygen atoms in total. The van der Waals surface area contributed by atoms with Crippen LogP contribution >= 0.6 is 15.9 Å². The molecule has 0 aliphatic carbocycles. The number of benzene rings is 1. The van der Waals surface area contributed by atoms with Crippen LogP contribution in [-0.2, 0) is 0 Å². The highest BCUT2D eigenvalue weighted by molar-refractivity contribution is 9.09. The van der Waals surface area contributed by atoms with Crippen molar-refractivity contribution in [2.75, 3.05) is 25.6 Å². The summed E-state index contributed by atoms with van der Waals surface area (Å²) >= 11 is 3.38. The van der Waals surface area contributed by atoms with Crippen molar-refractivity contribution in [3.05, 3.63) is 23.8 Å². The molecule has 1 aliphatic rings. The molecule has 1 atom stereocenters. The smallest absolute Gasteiger partial charge is 0.257 e. The van der Waals surface area contributed by atoms with Gasteiger partial charge in [0.1, 0.15) is 13.2 Å². The van der Waals surface area contributed by atoms with E-state index in [1.54, 1.807) is 18.0 Å². The summed E-state index contributed by atoms with van der Waals surface area (Å²) in [6.45, 7) is 2.99. The summed E-state index contributed by atoms with van der Waals surface area (Å²) < 4.78 is 11.0. The van der Waals surface area contributed by atoms with E-state index in [-0.39, 0.29) is 11.9 Å². The first kappa shape index (κ1) is 13.2. The summed E-state index contributed by atoms with van der Waals surface area (Å²) in [5.74, 6) is 1.15. The number of nitrogens with zero attached hydrogens (tertiary/aromatic N) is 1. The van der Waals surface area contributed by atoms with E-state index in [0.717, 1.165) is 5.33 Å². The van der Waals surface area contributed by atoms with Crippen LogP contribution < -0.4 is 9.47 Å². The Morgan fingerprint density at radius 3 is 2.89 bits per heavy atom. The number of hydrogen-bond acceptors (Lipinski definition) is 3. The average molecular weight is 314 g/mol. The molecule has 18 heavy (non-hydrogen) atoms. The molecule has 5 heteroatoms. The number of amides is 1. The van der Waals surface area contributed by atoms with Gasteiger partial charge in [-0.1, -0.05) is 22.0 Å². The number of carbonyl (C=O) groups excluding carboxylic acids is 1. The molecule has 1 heterocycles. The Morgan fingerprint density at radius 1 is 1.44 bits per heavy atom. The second-order valence-corrected chi connectivity index (χ2v) is 4.90. The molecule has 1 amide bonds. The Labute approximate surface area is 115 Å². The van der Waals surface area contributed by atoms with Crippen LogP contribution in [0.25, 0.3) is 0 Å². The predicted octanol–water partition coefficient (Wildman–Crippen LogP) is 2.31. The Balaban J connectivity index is 2.30. The fraction of sp³-hybridized carbons (Fsp3) is 0.462. The van der Waals surface area contributed by atoms with Crippen LogP contribution in [0.3, 0.4) is 0 Å². The van der Waals surface area contributed by atoms with Crippen LogP contribution in [0, 0.1) is 0 Å². The van der Waals surface area contributed by atoms with Gasteiger partial charge in [0.05, 0.1) is 5.56 Å². The standard InChI is InChI=1S/C13H16BrNO3/c1-9(8-14)15(2)13(16)10-4-3-5-11-12(10)18-7-6-17-11/h3-5,9H,6-8H2,1-2H3. The zero-order valence-electron chi connectivity index (χ0n) is 10.5. The second kappa shape index (κ2) is 5.61. The van der Waals surface area contributed by atoms with Crippen LogP contribution in [0.15, 0.2) is 18.2 Å². The lowest BCUT2D eigenvalue weighted by Gasteiger charge is -2.26. The van der Waals surface area contributed by atoms with Crippen LogP contribution in [0.2, 0.25) is 0 Å². The van der Waals surface area contributed by atoms with Gasteiger partial charge in [-0.3, -0.25) is 4.79 Å². The third kappa shape index (κ3) is 2.46. The molecule has 1 aromatic rings. The number of alkyl halides is 1. The molecule has 1 aromatic carbocycles. The van der Waals surface area contributed by atoms with Crippen molar-refractivity contribution in [2.45, 2.75) is 13.0 Å². The van der Waals surface area contributed by atoms with Gasteiger partial charge in [0.15, 0.2) is 11.5 Å². The Kier molecular flexibility index (Phi) is 4.11. The molecule has 2 rings (SSSR count). The molecule has 0 aromatic heterocycles. The SMILES string of the molecule is CC(CBr)N(C)C(=O)c1cccc2c1OCCO2. The van der Waals surface area contributed by atoms with E-state index >= 15 is 0 Å². The first-order chi connectivity index (χ1) is 8.65. The molecule has 0 saturated heterocycles. The molecule has 0 spiro atoms. The van der Waals surface area contributed by atoms with Crippen LogP contribution in [-0.4, -0.2) is 42.4 Å². The number of hydrogen-bond donors (Lipinski definition) is 0. The van der Waals surface area contributed by atoms with Crippen molar-refractivity contribution in [3.63, 3.8) is 0 Å². The van der Waals surface area contributed by atoms with Gasteiger partial charge in [0.25, 0.3) is 5.91 Å². The van der Waals surface area contributed by atoms with Gasteiger partial charge in [0, 0.05) is 18.4 Å². The molecule has 0 radical (unpaired) electrons. The van der Waals surface area contributed by atoms with Gasteiger partial charge in [-0.25, -0.2) is 0 Å². The second-order valence-electron chi connectivity index (χ2n) is 4.25. The van der Waals surface area contributed by atoms with Crippen LogP contribution in [0.4, 0.5) is 0 Å². The maximum absolute atomic E-state index is 12.4. The van der Waals surface area contributed by atoms with Crippen LogP contribution in [0.1, 0.15) is 17.3 Å². The molecule has 0 saturated carbocycles. The maximum Gasteiger partial charge on any atom is 0.257 e. The molecule has 1 aliphatic heterocycles. The summed E-state index contributed by atoms with van der Waals surface area (Å²) in [5.41, 5.74) is 0.558. The lowest BCUT2D eigenvalue weighted by atomic mass is 10.1. The fourth-order valence-corrected chi connectivity index (χ4v) is 2.17. The van der Waals surface area contributed by atoms with Gasteiger partial charge < -0.3 is 14.4 Å². The first-order valence-electron chi connectivity index (χ1n) is 5.87. The minimum absolute atomic E-state index is 0.0516. The quantitative estimate of drug-likeness (QED) is 0.804. The summed E-state index contributed by atoms with van der Waals surface area (Å²) in [4.78, 5) is 14.1. The monoisotopic (exact) mass is 313 g/mol. The highest BCUT2D eigenvalue weighted by Gasteiger charge is 2.24. The number of halogens is 1. The zero-order valence-corrected chi connectivity index (χ0v) is 12.1. The zero-order chi connectivity index (χ0) is 13.1. The van der Waals surface area contributed by atoms with E-state index in [9.17, 15) is 4.79 Å². The van der Waals surface area contributed by atoms with Crippen LogP contribution in [0.5, 0.6) is 11.5 Å². The van der Waals surface area contributed by atoms with E-state index in [1.165, 1.54) is 0 Å². The van der Waals surface area contributed by atoms with E-state index < -0.39 is 0 Å². The molecule has 0 bridgehead atoms. The highest BCUT2D eigenvalue weighted by Crippen LogP contribution is 2.34. The number of ether oxygens (including phenoxy) is 2. The topological polar surface area (TPSA) is 38.8 Å². The molecule has 1 unspecified atom stereocenters. The van der Waals surface area contributed by atoms with Gasteiger partial charge in [-0.15, -0.1) is 0 Å². The third-order valence-electron chi connectivity index (χ3n) is 3.00. The molecule has 98 valence electrons. The van der Waals surface area contributed by atoms with Gasteiger partial charge >= 0.3 is 0 Å². The van der Waals surface area contributed by atoms with E-state index in [4.69, 9.17) is 9.47 Å². The molecule has 0 N–H and O–H groups in total. The summed E-state index contributed by atoms with van der Waals surface area (Å²) in [6.07, 6.45) is 0. The normalized spacial score (nSPS) is 15.1.